The van der Waals surface area contributed by atoms with Crippen LogP contribution in [0.5, 0.6) is 11.5 Å². The first-order chi connectivity index (χ1) is 14.2. The number of aryl methyl sites for hydroxylation is 2. The number of hydrogen-bond acceptors (Lipinski definition) is 3. The Hall–Kier alpha value is -2.95. The minimum absolute atomic E-state index is 0.963. The molecule has 0 atom stereocenters. The third-order valence-corrected chi connectivity index (χ3v) is 8.25. The number of hydrogen-bond donors (Lipinski definition) is 0. The smallest absolute Gasteiger partial charge is 0.228 e. The molecule has 0 fully saturated rings. The van der Waals surface area contributed by atoms with Crippen molar-refractivity contribution in [3.8, 4) is 22.8 Å². The first kappa shape index (κ1) is 15.9. The van der Waals surface area contributed by atoms with Crippen molar-refractivity contribution in [2.24, 2.45) is 7.05 Å². The van der Waals surface area contributed by atoms with Crippen molar-refractivity contribution in [1.82, 2.24) is 0 Å². The molecule has 1 aliphatic rings. The highest BCUT2D eigenvalue weighted by molar-refractivity contribution is 7.26. The summed E-state index contributed by atoms with van der Waals surface area (Å²) < 4.78 is 12.8. The van der Waals surface area contributed by atoms with E-state index in [1.54, 1.807) is 11.3 Å². The van der Waals surface area contributed by atoms with Crippen LogP contribution in [-0.2, 0) is 7.05 Å². The molecule has 4 heteroatoms. The van der Waals surface area contributed by atoms with E-state index in [0.29, 0.717) is 0 Å². The second-order valence-corrected chi connectivity index (χ2v) is 9.72. The van der Waals surface area contributed by atoms with Crippen LogP contribution in [0.25, 0.3) is 52.3 Å². The topological polar surface area (TPSA) is 13.1 Å². The molecular formula is C25H16NOS2+. The lowest BCUT2D eigenvalue weighted by Crippen LogP contribution is -2.31. The molecule has 29 heavy (non-hydrogen) atoms. The van der Waals surface area contributed by atoms with Crippen molar-refractivity contribution < 1.29 is 9.30 Å². The van der Waals surface area contributed by atoms with Crippen LogP contribution in [0.15, 0.2) is 60.1 Å². The number of thiophene rings is 2. The molecule has 0 aliphatic carbocycles. The summed E-state index contributed by atoms with van der Waals surface area (Å²) in [5, 5.41) is 8.58. The fraction of sp³-hybridized carbons (Fsp3) is 0.0800. The Bertz CT molecular complexity index is 1650. The zero-order valence-corrected chi connectivity index (χ0v) is 17.6. The van der Waals surface area contributed by atoms with E-state index in [4.69, 9.17) is 4.74 Å². The van der Waals surface area contributed by atoms with Crippen LogP contribution in [0.2, 0.25) is 0 Å². The number of benzene rings is 3. The summed E-state index contributed by atoms with van der Waals surface area (Å²) in [4.78, 5) is 0. The predicted octanol–water partition coefficient (Wildman–Crippen LogP) is 7.33. The second-order valence-electron chi connectivity index (χ2n) is 7.72. The van der Waals surface area contributed by atoms with Gasteiger partial charge >= 0.3 is 0 Å². The molecule has 0 saturated heterocycles. The van der Waals surface area contributed by atoms with Crippen LogP contribution < -0.4 is 9.30 Å². The Morgan fingerprint density at radius 3 is 2.69 bits per heavy atom. The number of nitrogens with zero attached hydrogens (tertiary/aromatic N) is 1. The molecule has 2 nitrogen and oxygen atoms in total. The van der Waals surface area contributed by atoms with Crippen molar-refractivity contribution in [2.45, 2.75) is 6.92 Å². The largest absolute Gasteiger partial charge is 0.455 e. The van der Waals surface area contributed by atoms with E-state index in [2.05, 4.69) is 78.6 Å². The minimum Gasteiger partial charge on any atom is -0.455 e. The third kappa shape index (κ3) is 1.93. The van der Waals surface area contributed by atoms with Gasteiger partial charge in [-0.25, -0.2) is 4.57 Å². The molecule has 4 heterocycles. The molecule has 0 radical (unpaired) electrons. The van der Waals surface area contributed by atoms with Crippen LogP contribution in [0.3, 0.4) is 0 Å². The van der Waals surface area contributed by atoms with Crippen LogP contribution in [0, 0.1) is 6.92 Å². The van der Waals surface area contributed by atoms with Crippen LogP contribution in [0.4, 0.5) is 0 Å². The summed E-state index contributed by atoms with van der Waals surface area (Å²) in [6, 6.07) is 17.6. The predicted molar refractivity (Wildman–Crippen MR) is 124 cm³/mol. The Kier molecular flexibility index (Phi) is 2.93. The molecule has 1 aliphatic heterocycles. The number of ether oxygens (including phenoxy) is 1. The average Bonchev–Trinajstić information content (AvgIpc) is 3.34. The second kappa shape index (κ2) is 5.35. The highest BCUT2D eigenvalue weighted by Gasteiger charge is 2.31. The summed E-state index contributed by atoms with van der Waals surface area (Å²) in [5.41, 5.74) is 3.77. The van der Waals surface area contributed by atoms with Crippen molar-refractivity contribution in [2.75, 3.05) is 0 Å². The van der Waals surface area contributed by atoms with Crippen molar-refractivity contribution >= 4 is 63.7 Å². The quantitative estimate of drug-likeness (QED) is 0.239. The van der Waals surface area contributed by atoms with Gasteiger partial charge in [-0.3, -0.25) is 0 Å². The first-order valence-electron chi connectivity index (χ1n) is 9.66. The van der Waals surface area contributed by atoms with E-state index in [1.807, 2.05) is 11.3 Å². The summed E-state index contributed by atoms with van der Waals surface area (Å²) in [5.74, 6) is 1.93. The monoisotopic (exact) mass is 410 g/mol. The molecule has 0 unspecified atom stereocenters. The van der Waals surface area contributed by atoms with E-state index >= 15 is 0 Å². The molecular weight excluding hydrogens is 394 g/mol. The van der Waals surface area contributed by atoms with Gasteiger partial charge in [-0.2, -0.15) is 0 Å². The first-order valence-corrected chi connectivity index (χ1v) is 11.4. The fourth-order valence-electron chi connectivity index (χ4n) is 4.83. The van der Waals surface area contributed by atoms with Gasteiger partial charge in [0.25, 0.3) is 0 Å². The molecule has 3 aromatic heterocycles. The lowest BCUT2D eigenvalue weighted by atomic mass is 9.93. The zero-order valence-electron chi connectivity index (χ0n) is 15.9. The van der Waals surface area contributed by atoms with E-state index < -0.39 is 0 Å². The van der Waals surface area contributed by atoms with E-state index in [9.17, 15) is 0 Å². The maximum Gasteiger partial charge on any atom is 0.228 e. The van der Waals surface area contributed by atoms with Gasteiger partial charge in [0.05, 0.1) is 10.9 Å². The number of pyridine rings is 1. The SMILES string of the molecule is Cc1c2c(cc3sccc13)Oc1cc3c4ccccc4sc3c3cc[n+](C)c-2c13. The molecule has 0 bridgehead atoms. The highest BCUT2D eigenvalue weighted by atomic mass is 32.1. The van der Waals surface area contributed by atoms with Gasteiger partial charge in [-0.05, 0) is 47.5 Å². The average molecular weight is 411 g/mol. The normalized spacial score (nSPS) is 12.8. The third-order valence-electron chi connectivity index (χ3n) is 6.16. The standard InChI is InChI=1S/C25H16NOS2/c1-13-14-8-10-28-21(14)12-19-22(13)24-23-16(7-9-26(24)2)25-17(11-18(23)27-19)15-5-3-4-6-20(15)29-25/h3-12H,1-2H3/q+1. The molecule has 6 aromatic rings. The lowest BCUT2D eigenvalue weighted by Gasteiger charge is -2.21. The fourth-order valence-corrected chi connectivity index (χ4v) is 6.91. The van der Waals surface area contributed by atoms with Gasteiger partial charge in [0.1, 0.15) is 18.5 Å². The minimum atomic E-state index is 0.963. The van der Waals surface area contributed by atoms with Crippen molar-refractivity contribution in [1.29, 1.82) is 0 Å². The van der Waals surface area contributed by atoms with E-state index in [-0.39, 0.29) is 0 Å². The molecule has 0 saturated carbocycles. The molecule has 3 aromatic carbocycles. The Morgan fingerprint density at radius 1 is 0.862 bits per heavy atom. The van der Waals surface area contributed by atoms with Gasteiger partial charge in [-0.1, -0.05) is 18.2 Å². The lowest BCUT2D eigenvalue weighted by molar-refractivity contribution is -0.659. The van der Waals surface area contributed by atoms with E-state index in [1.165, 1.54) is 57.9 Å². The molecule has 7 rings (SSSR count). The van der Waals surface area contributed by atoms with Crippen molar-refractivity contribution in [3.05, 3.63) is 65.7 Å². The Balaban J connectivity index is 1.72. The van der Waals surface area contributed by atoms with Gasteiger partial charge in [-0.15, -0.1) is 22.7 Å². The Morgan fingerprint density at radius 2 is 1.76 bits per heavy atom. The summed E-state index contributed by atoms with van der Waals surface area (Å²) in [6.45, 7) is 2.22. The maximum atomic E-state index is 6.59. The summed E-state index contributed by atoms with van der Waals surface area (Å²) in [7, 11) is 2.14. The van der Waals surface area contributed by atoms with Gasteiger partial charge in [0.15, 0.2) is 6.20 Å². The molecule has 138 valence electrons. The molecule has 0 N–H and O–H groups in total. The van der Waals surface area contributed by atoms with Crippen LogP contribution in [0.1, 0.15) is 5.56 Å². The van der Waals surface area contributed by atoms with E-state index in [0.717, 1.165) is 11.5 Å². The summed E-state index contributed by atoms with van der Waals surface area (Å²) >= 11 is 3.65. The number of aromatic nitrogens is 1. The Labute approximate surface area is 175 Å². The van der Waals surface area contributed by atoms with Gasteiger partial charge in [0, 0.05) is 36.3 Å². The zero-order chi connectivity index (χ0) is 19.3. The maximum absolute atomic E-state index is 6.59. The van der Waals surface area contributed by atoms with Gasteiger partial charge in [0.2, 0.25) is 5.69 Å². The molecule has 0 spiro atoms. The highest BCUT2D eigenvalue weighted by Crippen LogP contribution is 2.52. The number of rotatable bonds is 0. The van der Waals surface area contributed by atoms with Crippen LogP contribution >= 0.6 is 22.7 Å². The number of fused-ring (bicyclic) bond motifs is 7. The molecule has 0 amide bonds. The van der Waals surface area contributed by atoms with Crippen molar-refractivity contribution in [3.63, 3.8) is 0 Å². The summed E-state index contributed by atoms with van der Waals surface area (Å²) in [6.07, 6.45) is 2.19. The van der Waals surface area contributed by atoms with Crippen LogP contribution in [-0.4, -0.2) is 0 Å². The van der Waals surface area contributed by atoms with Gasteiger partial charge < -0.3 is 4.74 Å².